The molecule has 0 aliphatic heterocycles. The Hall–Kier alpha value is -1.22. The zero-order valence-corrected chi connectivity index (χ0v) is 16.6. The third-order valence-corrected chi connectivity index (χ3v) is 4.72. The number of rotatable bonds is 10. The van der Waals surface area contributed by atoms with E-state index in [4.69, 9.17) is 27.9 Å². The van der Waals surface area contributed by atoms with Gasteiger partial charge in [-0.25, -0.2) is 0 Å². The maximum absolute atomic E-state index is 6.17. The van der Waals surface area contributed by atoms with E-state index >= 15 is 0 Å². The summed E-state index contributed by atoms with van der Waals surface area (Å²) in [6, 6.07) is 13.8. The van der Waals surface area contributed by atoms with Crippen molar-refractivity contribution in [1.29, 1.82) is 0 Å². The Balaban J connectivity index is 1.84. The Morgan fingerprint density at radius 2 is 1.56 bits per heavy atom. The first-order chi connectivity index (χ1) is 12.1. The smallest absolute Gasteiger partial charge is 0.119 e. The van der Waals surface area contributed by atoms with Crippen LogP contribution in [0.3, 0.4) is 0 Å². The van der Waals surface area contributed by atoms with Crippen molar-refractivity contribution in [2.75, 3.05) is 19.6 Å². The lowest BCUT2D eigenvalue weighted by Gasteiger charge is -2.20. The van der Waals surface area contributed by atoms with Crippen LogP contribution in [0.2, 0.25) is 10.0 Å². The molecular formula is C21H27Cl2NO. The number of benzene rings is 2. The summed E-state index contributed by atoms with van der Waals surface area (Å²) in [6.07, 6.45) is 3.49. The van der Waals surface area contributed by atoms with Gasteiger partial charge in [0.25, 0.3) is 0 Å². The highest BCUT2D eigenvalue weighted by Crippen LogP contribution is 2.23. The Kier molecular flexibility index (Phi) is 8.60. The van der Waals surface area contributed by atoms with E-state index in [1.807, 2.05) is 24.3 Å². The van der Waals surface area contributed by atoms with Gasteiger partial charge in [-0.1, -0.05) is 55.2 Å². The van der Waals surface area contributed by atoms with E-state index in [2.05, 4.69) is 30.9 Å². The maximum atomic E-state index is 6.17. The van der Waals surface area contributed by atoms with Crippen LogP contribution in [0.15, 0.2) is 42.5 Å². The quantitative estimate of drug-likeness (QED) is 0.484. The molecule has 0 N–H and O–H groups in total. The van der Waals surface area contributed by atoms with Gasteiger partial charge in [-0.05, 0) is 62.2 Å². The molecule has 0 spiro atoms. The molecule has 0 amide bonds. The van der Waals surface area contributed by atoms with Gasteiger partial charge >= 0.3 is 0 Å². The molecular weight excluding hydrogens is 353 g/mol. The second-order valence-corrected chi connectivity index (χ2v) is 7.10. The molecule has 0 heterocycles. The van der Waals surface area contributed by atoms with Crippen LogP contribution < -0.4 is 4.74 Å². The Morgan fingerprint density at radius 3 is 2.16 bits per heavy atom. The molecule has 0 fully saturated rings. The summed E-state index contributed by atoms with van der Waals surface area (Å²) in [5.41, 5.74) is 2.28. The molecule has 25 heavy (non-hydrogen) atoms. The molecule has 2 aromatic carbocycles. The number of halogens is 2. The summed E-state index contributed by atoms with van der Waals surface area (Å²) < 4.78 is 5.83. The lowest BCUT2D eigenvalue weighted by molar-refractivity contribution is 0.278. The van der Waals surface area contributed by atoms with Crippen LogP contribution in [0.4, 0.5) is 0 Å². The zero-order valence-electron chi connectivity index (χ0n) is 15.1. The fraction of sp³-hybridized carbons (Fsp3) is 0.429. The first kappa shape index (κ1) is 20.1. The van der Waals surface area contributed by atoms with Crippen molar-refractivity contribution in [3.05, 3.63) is 63.6 Å². The normalized spacial score (nSPS) is 11.1. The summed E-state index contributed by atoms with van der Waals surface area (Å²) in [6.45, 7) is 8.38. The van der Waals surface area contributed by atoms with Crippen LogP contribution >= 0.6 is 23.2 Å². The van der Waals surface area contributed by atoms with Crippen molar-refractivity contribution in [3.63, 3.8) is 0 Å². The van der Waals surface area contributed by atoms with Crippen LogP contribution in [0.25, 0.3) is 0 Å². The van der Waals surface area contributed by atoms with Gasteiger partial charge in [0.05, 0.1) is 0 Å². The lowest BCUT2D eigenvalue weighted by Crippen LogP contribution is -2.27. The molecule has 2 rings (SSSR count). The highest BCUT2D eigenvalue weighted by Gasteiger charge is 2.05. The average Bonchev–Trinajstić information content (AvgIpc) is 2.60. The molecule has 0 aliphatic carbocycles. The van der Waals surface area contributed by atoms with Gasteiger partial charge in [0, 0.05) is 22.2 Å². The topological polar surface area (TPSA) is 12.5 Å². The Morgan fingerprint density at radius 1 is 0.880 bits per heavy atom. The second-order valence-electron chi connectivity index (χ2n) is 6.26. The van der Waals surface area contributed by atoms with Gasteiger partial charge < -0.3 is 9.64 Å². The third kappa shape index (κ3) is 6.89. The number of nitrogens with zero attached hydrogens (tertiary/aromatic N) is 1. The fourth-order valence-electron chi connectivity index (χ4n) is 2.81. The van der Waals surface area contributed by atoms with E-state index < -0.39 is 0 Å². The van der Waals surface area contributed by atoms with Crippen LogP contribution in [-0.2, 0) is 13.0 Å². The molecule has 0 bridgehead atoms. The standard InChI is InChI=1S/C21H27Cl2NO/c1-3-12-24(13-4-2)14-11-17-5-9-20(10-6-17)25-16-18-7-8-19(22)15-21(18)23/h5-10,15H,3-4,11-14,16H2,1-2H3. The third-order valence-electron chi connectivity index (χ3n) is 4.13. The van der Waals surface area contributed by atoms with Crippen LogP contribution in [0.5, 0.6) is 5.75 Å². The molecule has 0 unspecified atom stereocenters. The number of hydrogen-bond acceptors (Lipinski definition) is 2. The van der Waals surface area contributed by atoms with E-state index in [9.17, 15) is 0 Å². The van der Waals surface area contributed by atoms with Gasteiger partial charge in [0.1, 0.15) is 12.4 Å². The van der Waals surface area contributed by atoms with E-state index in [0.29, 0.717) is 16.7 Å². The monoisotopic (exact) mass is 379 g/mol. The van der Waals surface area contributed by atoms with Gasteiger partial charge in [0.15, 0.2) is 0 Å². The zero-order chi connectivity index (χ0) is 18.1. The molecule has 136 valence electrons. The van der Waals surface area contributed by atoms with E-state index in [1.165, 1.54) is 31.5 Å². The number of hydrogen-bond donors (Lipinski definition) is 0. The molecule has 4 heteroatoms. The van der Waals surface area contributed by atoms with E-state index in [1.54, 1.807) is 6.07 Å². The number of ether oxygens (including phenoxy) is 1. The van der Waals surface area contributed by atoms with Crippen LogP contribution in [0, 0.1) is 0 Å². The maximum Gasteiger partial charge on any atom is 0.119 e. The van der Waals surface area contributed by atoms with Gasteiger partial charge in [0.2, 0.25) is 0 Å². The summed E-state index contributed by atoms with van der Waals surface area (Å²) in [5.74, 6) is 0.855. The minimum Gasteiger partial charge on any atom is -0.489 e. The molecule has 2 aromatic rings. The predicted molar refractivity (Wildman–Crippen MR) is 108 cm³/mol. The largest absolute Gasteiger partial charge is 0.489 e. The molecule has 0 radical (unpaired) electrons. The minimum atomic E-state index is 0.441. The summed E-state index contributed by atoms with van der Waals surface area (Å²) in [4.78, 5) is 2.53. The molecule has 0 saturated carbocycles. The summed E-state index contributed by atoms with van der Waals surface area (Å²) in [7, 11) is 0. The van der Waals surface area contributed by atoms with Crippen molar-refractivity contribution >= 4 is 23.2 Å². The fourth-order valence-corrected chi connectivity index (χ4v) is 3.27. The lowest BCUT2D eigenvalue weighted by atomic mass is 10.1. The van der Waals surface area contributed by atoms with Crippen molar-refractivity contribution in [2.45, 2.75) is 39.7 Å². The molecule has 0 atom stereocenters. The highest BCUT2D eigenvalue weighted by molar-refractivity contribution is 6.35. The average molecular weight is 380 g/mol. The molecule has 0 saturated heterocycles. The molecule has 0 aliphatic rings. The van der Waals surface area contributed by atoms with E-state index in [0.717, 1.165) is 24.3 Å². The van der Waals surface area contributed by atoms with Crippen LogP contribution in [-0.4, -0.2) is 24.5 Å². The second kappa shape index (κ2) is 10.7. The molecule has 2 nitrogen and oxygen atoms in total. The van der Waals surface area contributed by atoms with E-state index in [-0.39, 0.29) is 0 Å². The van der Waals surface area contributed by atoms with Gasteiger partial charge in [-0.3, -0.25) is 0 Å². The van der Waals surface area contributed by atoms with Crippen molar-refractivity contribution < 1.29 is 4.74 Å². The Labute approximate surface area is 161 Å². The van der Waals surface area contributed by atoms with Crippen molar-refractivity contribution in [2.24, 2.45) is 0 Å². The highest BCUT2D eigenvalue weighted by atomic mass is 35.5. The predicted octanol–water partition coefficient (Wildman–Crippen LogP) is 6.24. The summed E-state index contributed by atoms with van der Waals surface area (Å²) in [5, 5.41) is 1.27. The Bertz CT molecular complexity index is 637. The van der Waals surface area contributed by atoms with Gasteiger partial charge in [-0.2, -0.15) is 0 Å². The molecule has 0 aromatic heterocycles. The van der Waals surface area contributed by atoms with Crippen molar-refractivity contribution in [3.8, 4) is 5.75 Å². The minimum absolute atomic E-state index is 0.441. The summed E-state index contributed by atoms with van der Waals surface area (Å²) >= 11 is 12.1. The van der Waals surface area contributed by atoms with Gasteiger partial charge in [-0.15, -0.1) is 0 Å². The first-order valence-electron chi connectivity index (χ1n) is 9.00. The SMILES string of the molecule is CCCN(CCC)CCc1ccc(OCc2ccc(Cl)cc2Cl)cc1. The van der Waals surface area contributed by atoms with Crippen LogP contribution in [0.1, 0.15) is 37.8 Å². The first-order valence-corrected chi connectivity index (χ1v) is 9.76. The van der Waals surface area contributed by atoms with Crippen molar-refractivity contribution in [1.82, 2.24) is 4.90 Å².